The minimum atomic E-state index is -4.02. The van der Waals surface area contributed by atoms with E-state index in [0.29, 0.717) is 16.9 Å². The Kier molecular flexibility index (Phi) is 7.68. The van der Waals surface area contributed by atoms with E-state index in [1.54, 1.807) is 54.6 Å². The molecule has 1 aliphatic rings. The van der Waals surface area contributed by atoms with E-state index in [4.69, 9.17) is 0 Å². The van der Waals surface area contributed by atoms with E-state index in [2.05, 4.69) is 12.6 Å². The van der Waals surface area contributed by atoms with Crippen LogP contribution in [0.15, 0.2) is 66.1 Å². The summed E-state index contributed by atoms with van der Waals surface area (Å²) in [5.41, 5.74) is 1.92. The van der Waals surface area contributed by atoms with E-state index in [1.165, 1.54) is 16.1 Å². The molecular weight excluding hydrogens is 456 g/mol. The molecule has 1 saturated heterocycles. The van der Waals surface area contributed by atoms with E-state index in [-0.39, 0.29) is 10.8 Å². The first-order valence-electron chi connectivity index (χ1n) is 10.7. The van der Waals surface area contributed by atoms with Crippen LogP contribution in [0.3, 0.4) is 0 Å². The summed E-state index contributed by atoms with van der Waals surface area (Å²) in [7, 11) is -4.02. The molecule has 0 saturated carbocycles. The number of aryl methyl sites for hydroxylation is 1. The van der Waals surface area contributed by atoms with Gasteiger partial charge in [0.2, 0.25) is 10.0 Å². The second kappa shape index (κ2) is 10.1. The molecule has 4 atom stereocenters. The first-order chi connectivity index (χ1) is 15.6. The number of hydrogen-bond acceptors (Lipinski definition) is 5. The van der Waals surface area contributed by atoms with Crippen molar-refractivity contribution in [3.63, 3.8) is 0 Å². The highest BCUT2D eigenvalue weighted by atomic mass is 32.2. The summed E-state index contributed by atoms with van der Waals surface area (Å²) in [6.45, 7) is 9.47. The highest BCUT2D eigenvalue weighted by molar-refractivity contribution is 8.00. The second-order valence-corrected chi connectivity index (χ2v) is 11.6. The molecule has 1 unspecified atom stereocenters. The van der Waals surface area contributed by atoms with Crippen LogP contribution in [0.5, 0.6) is 0 Å². The van der Waals surface area contributed by atoms with Crippen LogP contribution in [0.1, 0.15) is 36.6 Å². The number of nitriles is 1. The van der Waals surface area contributed by atoms with Crippen molar-refractivity contribution in [1.29, 1.82) is 5.26 Å². The summed E-state index contributed by atoms with van der Waals surface area (Å²) < 4.78 is 29.4. The number of thioether (sulfide) groups is 1. The molecule has 0 spiro atoms. The lowest BCUT2D eigenvalue weighted by atomic mass is 9.91. The summed E-state index contributed by atoms with van der Waals surface area (Å²) in [6, 6.07) is 13.7. The zero-order valence-corrected chi connectivity index (χ0v) is 20.5. The summed E-state index contributed by atoms with van der Waals surface area (Å²) in [4.78, 5) is 12.7. The molecule has 1 fully saturated rings. The molecule has 0 radical (unpaired) electrons. The number of carbonyl (C=O) groups is 1. The standard InChI is InChI=1S/C25H28N2O4S2/c1-5-14-32-24-21(25(28)29)23(19-10-8-18(15-26)9-11-19)27(22(24)16(2)3)33(30,31)20-12-6-17(4)7-13-20/h5-13,16,21-24H,1,14H2,2-4H3,(H,28,29)/t21-,22?,23-,24-/m0/s1. The van der Waals surface area contributed by atoms with Gasteiger partial charge in [-0.15, -0.1) is 6.58 Å². The molecule has 174 valence electrons. The topological polar surface area (TPSA) is 98.5 Å². The Morgan fingerprint density at radius 2 is 1.82 bits per heavy atom. The van der Waals surface area contributed by atoms with Gasteiger partial charge < -0.3 is 5.11 Å². The summed E-state index contributed by atoms with van der Waals surface area (Å²) in [5, 5.41) is 19.0. The first kappa shape index (κ1) is 25.0. The Morgan fingerprint density at radius 3 is 2.30 bits per heavy atom. The number of hydrogen-bond donors (Lipinski definition) is 1. The monoisotopic (exact) mass is 484 g/mol. The SMILES string of the molecule is C=CCS[C@@H]1C(C(C)C)N(S(=O)(=O)c2ccc(C)cc2)[C@@H](c2ccc(C#N)cc2)[C@@H]1C(=O)O. The zero-order chi connectivity index (χ0) is 24.3. The van der Waals surface area contributed by atoms with Gasteiger partial charge >= 0.3 is 5.97 Å². The third kappa shape index (κ3) is 4.86. The minimum absolute atomic E-state index is 0.127. The van der Waals surface area contributed by atoms with Crippen molar-refractivity contribution in [2.75, 3.05) is 5.75 Å². The second-order valence-electron chi connectivity index (χ2n) is 8.51. The van der Waals surface area contributed by atoms with Gasteiger partial charge in [0.15, 0.2) is 0 Å². The van der Waals surface area contributed by atoms with Crippen LogP contribution >= 0.6 is 11.8 Å². The lowest BCUT2D eigenvalue weighted by Gasteiger charge is -2.33. The summed E-state index contributed by atoms with van der Waals surface area (Å²) >= 11 is 1.42. The fourth-order valence-corrected chi connectivity index (χ4v) is 7.98. The van der Waals surface area contributed by atoms with Gasteiger partial charge in [-0.25, -0.2) is 8.42 Å². The molecule has 0 aliphatic carbocycles. The smallest absolute Gasteiger partial charge is 0.309 e. The Bertz CT molecular complexity index is 1150. The first-order valence-corrected chi connectivity index (χ1v) is 13.2. The Labute approximate surface area is 200 Å². The van der Waals surface area contributed by atoms with Gasteiger partial charge in [0.1, 0.15) is 0 Å². The predicted octanol–water partition coefficient (Wildman–Crippen LogP) is 4.63. The van der Waals surface area contributed by atoms with Gasteiger partial charge in [0.05, 0.1) is 28.5 Å². The molecule has 2 aromatic carbocycles. The number of carboxylic acids is 1. The van der Waals surface area contributed by atoms with Crippen LogP contribution in [-0.2, 0) is 14.8 Å². The van der Waals surface area contributed by atoms with Gasteiger partial charge in [-0.05, 0) is 42.7 Å². The largest absolute Gasteiger partial charge is 0.481 e. The highest BCUT2D eigenvalue weighted by Crippen LogP contribution is 2.51. The van der Waals surface area contributed by atoms with E-state index >= 15 is 0 Å². The fourth-order valence-electron chi connectivity index (χ4n) is 4.46. The molecule has 6 nitrogen and oxygen atoms in total. The maximum absolute atomic E-state index is 14.0. The normalized spacial score (nSPS) is 23.4. The van der Waals surface area contributed by atoms with Crippen LogP contribution in [0.25, 0.3) is 0 Å². The summed E-state index contributed by atoms with van der Waals surface area (Å²) in [5.74, 6) is -1.62. The maximum atomic E-state index is 14.0. The molecule has 2 aromatic rings. The van der Waals surface area contributed by atoms with Crippen molar-refractivity contribution in [3.8, 4) is 6.07 Å². The molecular formula is C25H28N2O4S2. The minimum Gasteiger partial charge on any atom is -0.481 e. The van der Waals surface area contributed by atoms with Gasteiger partial charge in [0.25, 0.3) is 0 Å². The van der Waals surface area contributed by atoms with Crippen molar-refractivity contribution in [2.24, 2.45) is 11.8 Å². The number of nitrogens with zero attached hydrogens (tertiary/aromatic N) is 2. The number of aliphatic carboxylic acids is 1. The van der Waals surface area contributed by atoms with Crippen molar-refractivity contribution in [1.82, 2.24) is 4.31 Å². The maximum Gasteiger partial charge on any atom is 0.309 e. The molecule has 1 aliphatic heterocycles. The summed E-state index contributed by atoms with van der Waals surface area (Å²) in [6.07, 6.45) is 1.70. The molecule has 33 heavy (non-hydrogen) atoms. The van der Waals surface area contributed by atoms with Crippen molar-refractivity contribution in [2.45, 2.75) is 43.0 Å². The zero-order valence-electron chi connectivity index (χ0n) is 18.9. The van der Waals surface area contributed by atoms with Crippen LogP contribution < -0.4 is 0 Å². The predicted molar refractivity (Wildman–Crippen MR) is 130 cm³/mol. The third-order valence-corrected chi connectivity index (χ3v) is 9.23. The molecule has 8 heteroatoms. The van der Waals surface area contributed by atoms with Gasteiger partial charge in [-0.1, -0.05) is 49.8 Å². The molecule has 1 N–H and O–H groups in total. The quantitative estimate of drug-likeness (QED) is 0.549. The molecule has 0 aromatic heterocycles. The lowest BCUT2D eigenvalue weighted by Crippen LogP contribution is -2.43. The van der Waals surface area contributed by atoms with E-state index < -0.39 is 39.2 Å². The number of rotatable bonds is 8. The Morgan fingerprint density at radius 1 is 1.21 bits per heavy atom. The number of benzene rings is 2. The van der Waals surface area contributed by atoms with Crippen LogP contribution in [0.2, 0.25) is 0 Å². The van der Waals surface area contributed by atoms with E-state index in [0.717, 1.165) is 5.56 Å². The van der Waals surface area contributed by atoms with Crippen molar-refractivity contribution in [3.05, 3.63) is 77.9 Å². The average molecular weight is 485 g/mol. The molecule has 0 bridgehead atoms. The van der Waals surface area contributed by atoms with Crippen molar-refractivity contribution >= 4 is 27.8 Å². The van der Waals surface area contributed by atoms with Crippen LogP contribution in [-0.4, -0.2) is 40.8 Å². The van der Waals surface area contributed by atoms with Crippen molar-refractivity contribution < 1.29 is 18.3 Å². The van der Waals surface area contributed by atoms with E-state index in [1.807, 2.05) is 20.8 Å². The average Bonchev–Trinajstić information content (AvgIpc) is 3.14. The van der Waals surface area contributed by atoms with Crippen LogP contribution in [0, 0.1) is 30.1 Å². The Balaban J connectivity index is 2.26. The van der Waals surface area contributed by atoms with Gasteiger partial charge in [-0.2, -0.15) is 21.3 Å². The fraction of sp³-hybridized carbons (Fsp3) is 0.360. The van der Waals surface area contributed by atoms with E-state index in [9.17, 15) is 23.6 Å². The van der Waals surface area contributed by atoms with Crippen LogP contribution in [0.4, 0.5) is 0 Å². The third-order valence-electron chi connectivity index (χ3n) is 5.95. The van der Waals surface area contributed by atoms with Gasteiger partial charge in [-0.3, -0.25) is 4.79 Å². The molecule has 0 amide bonds. The van der Waals surface area contributed by atoms with Gasteiger partial charge in [0, 0.05) is 17.0 Å². The molecule has 1 heterocycles. The lowest BCUT2D eigenvalue weighted by molar-refractivity contribution is -0.142. The molecule has 3 rings (SSSR count). The number of sulfonamides is 1. The Hall–Kier alpha value is -2.60. The highest BCUT2D eigenvalue weighted by Gasteiger charge is 2.58. The number of carboxylic acid groups (broad SMARTS) is 1.